The van der Waals surface area contributed by atoms with Crippen LogP contribution < -0.4 is 4.74 Å². The number of ether oxygens (including phenoxy) is 1. The molecule has 3 aromatic rings. The first kappa shape index (κ1) is 12.9. The lowest BCUT2D eigenvalue weighted by atomic mass is 10.2. The molecule has 3 rings (SSSR count). The summed E-state index contributed by atoms with van der Waals surface area (Å²) in [6.07, 6.45) is 0. The van der Waals surface area contributed by atoms with Crippen molar-refractivity contribution in [1.82, 2.24) is 4.98 Å². The molecule has 1 heterocycles. The van der Waals surface area contributed by atoms with Crippen molar-refractivity contribution in [1.29, 1.82) is 0 Å². The molecule has 0 saturated carbocycles. The summed E-state index contributed by atoms with van der Waals surface area (Å²) in [5.74, 6) is 1.25. The molecule has 0 unspecified atom stereocenters. The first-order chi connectivity index (χ1) is 9.76. The second-order valence-electron chi connectivity index (χ2n) is 4.32. The van der Waals surface area contributed by atoms with Crippen molar-refractivity contribution in [2.75, 3.05) is 0 Å². The van der Waals surface area contributed by atoms with Gasteiger partial charge in [-0.25, -0.2) is 4.39 Å². The van der Waals surface area contributed by atoms with E-state index >= 15 is 0 Å². The van der Waals surface area contributed by atoms with Crippen molar-refractivity contribution in [3.63, 3.8) is 0 Å². The highest BCUT2D eigenvalue weighted by Crippen LogP contribution is 2.30. The van der Waals surface area contributed by atoms with Crippen molar-refractivity contribution in [2.24, 2.45) is 0 Å². The van der Waals surface area contributed by atoms with Crippen LogP contribution in [0.5, 0.6) is 11.5 Å². The summed E-state index contributed by atoms with van der Waals surface area (Å²) in [4.78, 5) is 4.44. The minimum Gasteiger partial charge on any atom is -0.457 e. The maximum Gasteiger partial charge on any atom is 0.138 e. The van der Waals surface area contributed by atoms with E-state index in [9.17, 15) is 4.39 Å². The van der Waals surface area contributed by atoms with E-state index in [1.807, 2.05) is 24.3 Å². The van der Waals surface area contributed by atoms with Crippen LogP contribution >= 0.6 is 11.6 Å². The van der Waals surface area contributed by atoms with Crippen molar-refractivity contribution in [3.8, 4) is 11.5 Å². The Bertz CT molecular complexity index is 743. The van der Waals surface area contributed by atoms with Crippen molar-refractivity contribution in [3.05, 3.63) is 66.1 Å². The number of halogens is 2. The molecule has 0 spiro atoms. The third-order valence-electron chi connectivity index (χ3n) is 2.91. The zero-order valence-corrected chi connectivity index (χ0v) is 11.3. The van der Waals surface area contributed by atoms with Gasteiger partial charge in [0.25, 0.3) is 0 Å². The molecule has 100 valence electrons. The minimum absolute atomic E-state index is 0.293. The third-order valence-corrected chi connectivity index (χ3v) is 3.18. The van der Waals surface area contributed by atoms with E-state index in [1.165, 1.54) is 12.1 Å². The molecular formula is C16H11ClFNO. The van der Waals surface area contributed by atoms with Crippen LogP contribution in [0.3, 0.4) is 0 Å². The fraction of sp³-hybridized carbons (Fsp3) is 0.0625. The number of hydrogen-bond donors (Lipinski definition) is 0. The fourth-order valence-corrected chi connectivity index (χ4v) is 2.11. The maximum atomic E-state index is 12.9. The zero-order chi connectivity index (χ0) is 13.9. The highest BCUT2D eigenvalue weighted by atomic mass is 35.5. The third kappa shape index (κ3) is 2.58. The van der Waals surface area contributed by atoms with Gasteiger partial charge < -0.3 is 4.74 Å². The van der Waals surface area contributed by atoms with E-state index in [2.05, 4.69) is 4.98 Å². The van der Waals surface area contributed by atoms with Crippen molar-refractivity contribution in [2.45, 2.75) is 5.88 Å². The number of fused-ring (bicyclic) bond motifs is 1. The van der Waals surface area contributed by atoms with Gasteiger partial charge in [0.15, 0.2) is 0 Å². The van der Waals surface area contributed by atoms with Crippen molar-refractivity contribution >= 4 is 22.5 Å². The van der Waals surface area contributed by atoms with Gasteiger partial charge in [0.1, 0.15) is 17.3 Å². The molecule has 4 heteroatoms. The second-order valence-corrected chi connectivity index (χ2v) is 4.59. The number of benzene rings is 2. The van der Waals surface area contributed by atoms with Gasteiger partial charge in [-0.15, -0.1) is 11.6 Å². The summed E-state index contributed by atoms with van der Waals surface area (Å²) >= 11 is 5.86. The average Bonchev–Trinajstić information content (AvgIpc) is 2.49. The van der Waals surface area contributed by atoms with Crippen LogP contribution in [0.25, 0.3) is 10.9 Å². The number of rotatable bonds is 3. The van der Waals surface area contributed by atoms with E-state index in [0.717, 1.165) is 16.6 Å². The van der Waals surface area contributed by atoms with Crippen LogP contribution in [-0.2, 0) is 5.88 Å². The van der Waals surface area contributed by atoms with Gasteiger partial charge in [-0.05, 0) is 36.4 Å². The fourth-order valence-electron chi connectivity index (χ4n) is 1.98. The van der Waals surface area contributed by atoms with E-state index in [4.69, 9.17) is 16.3 Å². The summed E-state index contributed by atoms with van der Waals surface area (Å²) in [7, 11) is 0. The van der Waals surface area contributed by atoms with Crippen LogP contribution in [0.4, 0.5) is 4.39 Å². The summed E-state index contributed by atoms with van der Waals surface area (Å²) in [6.45, 7) is 0. The lowest BCUT2D eigenvalue weighted by molar-refractivity contribution is 0.485. The molecule has 0 radical (unpaired) electrons. The van der Waals surface area contributed by atoms with Gasteiger partial charge in [-0.2, -0.15) is 0 Å². The minimum atomic E-state index is -0.293. The van der Waals surface area contributed by atoms with E-state index in [0.29, 0.717) is 17.4 Å². The van der Waals surface area contributed by atoms with Crippen LogP contribution in [0.15, 0.2) is 54.6 Å². The lowest BCUT2D eigenvalue weighted by Crippen LogP contribution is -1.92. The Balaban J connectivity index is 2.07. The Morgan fingerprint density at radius 1 is 1.05 bits per heavy atom. The highest BCUT2D eigenvalue weighted by Gasteiger charge is 2.07. The Morgan fingerprint density at radius 2 is 1.80 bits per heavy atom. The molecule has 2 aromatic carbocycles. The van der Waals surface area contributed by atoms with Gasteiger partial charge in [-0.1, -0.05) is 12.1 Å². The summed E-state index contributed by atoms with van der Waals surface area (Å²) in [6, 6.07) is 15.4. The molecule has 0 fully saturated rings. The number of aromatic nitrogens is 1. The molecule has 0 bridgehead atoms. The normalized spacial score (nSPS) is 10.7. The SMILES string of the molecule is Fc1ccc(Oc2cc(CCl)nc3ccccc23)cc1. The monoisotopic (exact) mass is 287 g/mol. The molecule has 1 aromatic heterocycles. The second kappa shape index (κ2) is 5.47. The molecule has 0 aliphatic heterocycles. The molecule has 0 saturated heterocycles. The average molecular weight is 288 g/mol. The number of para-hydroxylation sites is 1. The van der Waals surface area contributed by atoms with E-state index in [-0.39, 0.29) is 5.82 Å². The summed E-state index contributed by atoms with van der Waals surface area (Å²) in [5, 5.41) is 0.894. The van der Waals surface area contributed by atoms with Crippen LogP contribution in [0.2, 0.25) is 0 Å². The Kier molecular flexibility index (Phi) is 3.52. The number of pyridine rings is 1. The quantitative estimate of drug-likeness (QED) is 0.639. The summed E-state index contributed by atoms with van der Waals surface area (Å²) < 4.78 is 18.7. The number of hydrogen-bond acceptors (Lipinski definition) is 2. The standard InChI is InChI=1S/C16H11ClFNO/c17-10-12-9-16(14-3-1-2-4-15(14)19-12)20-13-7-5-11(18)6-8-13/h1-9H,10H2. The van der Waals surface area contributed by atoms with Gasteiger partial charge in [-0.3, -0.25) is 4.98 Å². The van der Waals surface area contributed by atoms with Gasteiger partial charge >= 0.3 is 0 Å². The van der Waals surface area contributed by atoms with E-state index < -0.39 is 0 Å². The molecule has 0 atom stereocenters. The van der Waals surface area contributed by atoms with Gasteiger partial charge in [0, 0.05) is 11.5 Å². The molecule has 20 heavy (non-hydrogen) atoms. The Hall–Kier alpha value is -2.13. The highest BCUT2D eigenvalue weighted by molar-refractivity contribution is 6.17. The number of nitrogens with zero attached hydrogens (tertiary/aromatic N) is 1. The topological polar surface area (TPSA) is 22.1 Å². The van der Waals surface area contributed by atoms with Crippen LogP contribution in [0, 0.1) is 5.82 Å². The smallest absolute Gasteiger partial charge is 0.138 e. The molecule has 0 amide bonds. The number of alkyl halides is 1. The van der Waals surface area contributed by atoms with Crippen LogP contribution in [-0.4, -0.2) is 4.98 Å². The van der Waals surface area contributed by atoms with E-state index in [1.54, 1.807) is 18.2 Å². The summed E-state index contributed by atoms with van der Waals surface area (Å²) in [5.41, 5.74) is 1.56. The molecule has 0 aliphatic carbocycles. The maximum absolute atomic E-state index is 12.9. The molecule has 2 nitrogen and oxygen atoms in total. The molecular weight excluding hydrogens is 277 g/mol. The Morgan fingerprint density at radius 3 is 2.55 bits per heavy atom. The predicted molar refractivity (Wildman–Crippen MR) is 77.8 cm³/mol. The van der Waals surface area contributed by atoms with Crippen LogP contribution in [0.1, 0.15) is 5.69 Å². The molecule has 0 aliphatic rings. The first-order valence-corrected chi connectivity index (χ1v) is 6.68. The van der Waals surface area contributed by atoms with Gasteiger partial charge in [0.2, 0.25) is 0 Å². The lowest BCUT2D eigenvalue weighted by Gasteiger charge is -2.10. The zero-order valence-electron chi connectivity index (χ0n) is 10.5. The first-order valence-electron chi connectivity index (χ1n) is 6.14. The molecule has 0 N–H and O–H groups in total. The van der Waals surface area contributed by atoms with Gasteiger partial charge in [0.05, 0.1) is 17.1 Å². The largest absolute Gasteiger partial charge is 0.457 e. The van der Waals surface area contributed by atoms with Crippen molar-refractivity contribution < 1.29 is 9.13 Å². The Labute approximate surface area is 120 Å². The predicted octanol–water partition coefficient (Wildman–Crippen LogP) is 4.91.